The highest BCUT2D eigenvalue weighted by Gasteiger charge is 2.07. The molecule has 2 aromatic heterocycles. The second-order valence-electron chi connectivity index (χ2n) is 4.10. The highest BCUT2D eigenvalue weighted by atomic mass is 35.5. The predicted molar refractivity (Wildman–Crippen MR) is 72.6 cm³/mol. The molecule has 0 saturated carbocycles. The molecule has 4 nitrogen and oxygen atoms in total. The van der Waals surface area contributed by atoms with E-state index in [9.17, 15) is 0 Å². The lowest BCUT2D eigenvalue weighted by atomic mass is 10.0. The number of hydrogen-bond donors (Lipinski definition) is 1. The normalized spacial score (nSPS) is 11.0. The molecule has 1 aromatic carbocycles. The van der Waals surface area contributed by atoms with Crippen LogP contribution in [0.5, 0.6) is 0 Å². The zero-order valence-corrected chi connectivity index (χ0v) is 10.5. The minimum atomic E-state index is 0.273. The summed E-state index contributed by atoms with van der Waals surface area (Å²) in [5, 5.41) is 4.86. The fourth-order valence-corrected chi connectivity index (χ4v) is 2.15. The molecule has 0 unspecified atom stereocenters. The second-order valence-corrected chi connectivity index (χ2v) is 4.51. The van der Waals surface area contributed by atoms with Crippen molar-refractivity contribution in [3.8, 4) is 11.1 Å². The third-order valence-electron chi connectivity index (χ3n) is 2.93. The summed E-state index contributed by atoms with van der Waals surface area (Å²) < 4.78 is 1.67. The van der Waals surface area contributed by atoms with Crippen molar-refractivity contribution in [2.75, 3.05) is 5.73 Å². The van der Waals surface area contributed by atoms with E-state index in [-0.39, 0.29) is 5.95 Å². The molecule has 0 atom stereocenters. The smallest absolute Gasteiger partial charge is 0.240 e. The Hall–Kier alpha value is -2.07. The number of nitrogens with two attached hydrogens (primary N) is 1. The van der Waals surface area contributed by atoms with Crippen molar-refractivity contribution in [1.29, 1.82) is 0 Å². The highest BCUT2D eigenvalue weighted by Crippen LogP contribution is 2.28. The first-order chi connectivity index (χ1) is 8.65. The largest absolute Gasteiger partial charge is 0.366 e. The number of rotatable bonds is 1. The number of fused-ring (bicyclic) bond motifs is 1. The number of pyridine rings is 1. The van der Waals surface area contributed by atoms with Gasteiger partial charge >= 0.3 is 0 Å². The first kappa shape index (κ1) is 11.0. The lowest BCUT2D eigenvalue weighted by molar-refractivity contribution is 0.969. The van der Waals surface area contributed by atoms with E-state index in [1.165, 1.54) is 0 Å². The second kappa shape index (κ2) is 3.99. The average Bonchev–Trinajstić information content (AvgIpc) is 2.71. The molecule has 0 spiro atoms. The van der Waals surface area contributed by atoms with E-state index in [0.717, 1.165) is 27.4 Å². The van der Waals surface area contributed by atoms with Crippen LogP contribution in [0.15, 0.2) is 36.5 Å². The van der Waals surface area contributed by atoms with E-state index in [4.69, 9.17) is 17.3 Å². The summed E-state index contributed by atoms with van der Waals surface area (Å²) in [4.78, 5) is 4.09. The summed E-state index contributed by atoms with van der Waals surface area (Å²) in [6.07, 6.45) is 1.90. The maximum atomic E-state index is 6.13. The Balaban J connectivity index is 2.22. The summed E-state index contributed by atoms with van der Waals surface area (Å²) in [5.74, 6) is 0.273. The molecule has 0 aliphatic heterocycles. The van der Waals surface area contributed by atoms with Gasteiger partial charge in [0.2, 0.25) is 5.95 Å². The number of hydrogen-bond acceptors (Lipinski definition) is 3. The van der Waals surface area contributed by atoms with Crippen LogP contribution in [0.4, 0.5) is 5.95 Å². The van der Waals surface area contributed by atoms with Gasteiger partial charge in [0.1, 0.15) is 0 Å². The molecule has 2 N–H and O–H groups in total. The number of nitrogen functional groups attached to an aromatic ring is 1. The standard InChI is InChI=1S/C13H11ClN4/c1-8-10(3-2-4-11(8)14)9-5-6-12-16-13(15)17-18(12)7-9/h2-7H,1H3,(H2,15,17). The van der Waals surface area contributed by atoms with Gasteiger partial charge < -0.3 is 5.73 Å². The Kier molecular flexibility index (Phi) is 2.45. The van der Waals surface area contributed by atoms with Gasteiger partial charge in [0, 0.05) is 16.8 Å². The molecule has 0 aliphatic rings. The third kappa shape index (κ3) is 1.71. The van der Waals surface area contributed by atoms with Crippen molar-refractivity contribution in [2.45, 2.75) is 6.92 Å². The van der Waals surface area contributed by atoms with Crippen molar-refractivity contribution >= 4 is 23.2 Å². The molecule has 0 amide bonds. The average molecular weight is 259 g/mol. The minimum absolute atomic E-state index is 0.273. The van der Waals surface area contributed by atoms with Gasteiger partial charge in [-0.1, -0.05) is 23.7 Å². The highest BCUT2D eigenvalue weighted by molar-refractivity contribution is 6.31. The van der Waals surface area contributed by atoms with Crippen LogP contribution >= 0.6 is 11.6 Å². The van der Waals surface area contributed by atoms with Gasteiger partial charge in [-0.3, -0.25) is 0 Å². The molecule has 18 heavy (non-hydrogen) atoms. The molecular formula is C13H11ClN4. The van der Waals surface area contributed by atoms with E-state index in [1.54, 1.807) is 4.52 Å². The fraction of sp³-hybridized carbons (Fsp3) is 0.0769. The lowest BCUT2D eigenvalue weighted by Crippen LogP contribution is -1.91. The first-order valence-corrected chi connectivity index (χ1v) is 5.90. The number of halogens is 1. The maximum Gasteiger partial charge on any atom is 0.240 e. The van der Waals surface area contributed by atoms with Gasteiger partial charge in [0.05, 0.1) is 0 Å². The first-order valence-electron chi connectivity index (χ1n) is 5.52. The van der Waals surface area contributed by atoms with Gasteiger partial charge in [0.15, 0.2) is 5.65 Å². The van der Waals surface area contributed by atoms with Crippen LogP contribution in [0.25, 0.3) is 16.8 Å². The van der Waals surface area contributed by atoms with Gasteiger partial charge in [-0.2, -0.15) is 4.98 Å². The topological polar surface area (TPSA) is 56.2 Å². The SMILES string of the molecule is Cc1c(Cl)cccc1-c1ccc2nc(N)nn2c1. The quantitative estimate of drug-likeness (QED) is 0.730. The van der Waals surface area contributed by atoms with Crippen LogP contribution < -0.4 is 5.73 Å². The molecule has 0 radical (unpaired) electrons. The Bertz CT molecular complexity index is 733. The van der Waals surface area contributed by atoms with E-state index < -0.39 is 0 Å². The van der Waals surface area contributed by atoms with Crippen LogP contribution in [0.3, 0.4) is 0 Å². The van der Waals surface area contributed by atoms with Gasteiger partial charge in [-0.25, -0.2) is 4.52 Å². The Morgan fingerprint density at radius 3 is 2.89 bits per heavy atom. The van der Waals surface area contributed by atoms with Gasteiger partial charge in [-0.05, 0) is 36.2 Å². The van der Waals surface area contributed by atoms with Crippen LogP contribution in [-0.4, -0.2) is 14.6 Å². The summed E-state index contributed by atoms with van der Waals surface area (Å²) in [5.41, 5.74) is 9.47. The minimum Gasteiger partial charge on any atom is -0.366 e. The van der Waals surface area contributed by atoms with Crippen molar-refractivity contribution in [3.63, 3.8) is 0 Å². The third-order valence-corrected chi connectivity index (χ3v) is 3.34. The monoisotopic (exact) mass is 258 g/mol. The number of benzene rings is 1. The molecule has 0 fully saturated rings. The van der Waals surface area contributed by atoms with Crippen LogP contribution in [0.1, 0.15) is 5.56 Å². The summed E-state index contributed by atoms with van der Waals surface area (Å²) >= 11 is 6.13. The van der Waals surface area contributed by atoms with Gasteiger partial charge in [-0.15, -0.1) is 5.10 Å². The molecule has 3 rings (SSSR count). The number of aromatic nitrogens is 3. The lowest BCUT2D eigenvalue weighted by Gasteiger charge is -2.07. The fourth-order valence-electron chi connectivity index (χ4n) is 1.98. The molecule has 0 aliphatic carbocycles. The Morgan fingerprint density at radius 2 is 2.06 bits per heavy atom. The van der Waals surface area contributed by atoms with Crippen molar-refractivity contribution in [3.05, 3.63) is 47.1 Å². The Morgan fingerprint density at radius 1 is 1.22 bits per heavy atom. The molecule has 2 heterocycles. The molecule has 90 valence electrons. The van der Waals surface area contributed by atoms with E-state index in [1.807, 2.05) is 43.5 Å². The molecular weight excluding hydrogens is 248 g/mol. The number of anilines is 1. The molecule has 3 aromatic rings. The summed E-state index contributed by atoms with van der Waals surface area (Å²) in [6, 6.07) is 9.72. The molecule has 0 bridgehead atoms. The zero-order valence-electron chi connectivity index (χ0n) is 9.76. The molecule has 5 heteroatoms. The maximum absolute atomic E-state index is 6.13. The van der Waals surface area contributed by atoms with E-state index in [2.05, 4.69) is 10.1 Å². The van der Waals surface area contributed by atoms with Crippen LogP contribution in [0.2, 0.25) is 5.02 Å². The van der Waals surface area contributed by atoms with Crippen LogP contribution in [-0.2, 0) is 0 Å². The Labute approximate surface area is 109 Å². The van der Waals surface area contributed by atoms with E-state index in [0.29, 0.717) is 0 Å². The summed E-state index contributed by atoms with van der Waals surface area (Å²) in [7, 11) is 0. The predicted octanol–water partition coefficient (Wildman–Crippen LogP) is 2.94. The van der Waals surface area contributed by atoms with Crippen molar-refractivity contribution < 1.29 is 0 Å². The van der Waals surface area contributed by atoms with E-state index >= 15 is 0 Å². The van der Waals surface area contributed by atoms with Gasteiger partial charge in [0.25, 0.3) is 0 Å². The summed E-state index contributed by atoms with van der Waals surface area (Å²) in [6.45, 7) is 2.00. The zero-order chi connectivity index (χ0) is 12.7. The number of nitrogens with zero attached hydrogens (tertiary/aromatic N) is 3. The van der Waals surface area contributed by atoms with Crippen molar-refractivity contribution in [2.24, 2.45) is 0 Å². The van der Waals surface area contributed by atoms with Crippen LogP contribution in [0, 0.1) is 6.92 Å². The van der Waals surface area contributed by atoms with Crippen molar-refractivity contribution in [1.82, 2.24) is 14.6 Å². The molecule has 0 saturated heterocycles.